The average Bonchev–Trinajstić information content (AvgIpc) is 2.36. The van der Waals surface area contributed by atoms with E-state index < -0.39 is 0 Å². The maximum atomic E-state index is 12.7. The number of rotatable bonds is 6. The Morgan fingerprint density at radius 3 is 2.10 bits per heavy atom. The van der Waals surface area contributed by atoms with Crippen LogP contribution in [0.3, 0.4) is 0 Å². The Kier molecular flexibility index (Phi) is 4.45. The normalized spacial score (nSPS) is 38.2. The van der Waals surface area contributed by atoms with Crippen molar-refractivity contribution in [3.05, 3.63) is 0 Å². The third kappa shape index (κ3) is 2.93. The Morgan fingerprint density at radius 1 is 1.10 bits per heavy atom. The molecular weight excluding hydrogens is 314 g/mol. The van der Waals surface area contributed by atoms with Crippen LogP contribution in [0.5, 0.6) is 0 Å². The van der Waals surface area contributed by atoms with Crippen LogP contribution in [-0.4, -0.2) is 29.2 Å². The molecule has 1 amide bonds. The summed E-state index contributed by atoms with van der Waals surface area (Å²) in [5.74, 6) is 3.27. The van der Waals surface area contributed by atoms with Crippen molar-refractivity contribution >= 4 is 21.8 Å². The van der Waals surface area contributed by atoms with Crippen molar-refractivity contribution in [3.8, 4) is 0 Å². The predicted molar refractivity (Wildman–Crippen MR) is 85.9 cm³/mol. The second-order valence-corrected chi connectivity index (χ2v) is 8.46. The molecule has 0 atom stereocenters. The Morgan fingerprint density at radius 2 is 1.65 bits per heavy atom. The number of hydrogen-bond acceptors (Lipinski definition) is 1. The molecule has 3 heteroatoms. The maximum Gasteiger partial charge on any atom is 0.223 e. The van der Waals surface area contributed by atoms with E-state index in [0.29, 0.717) is 11.3 Å². The minimum Gasteiger partial charge on any atom is -0.342 e. The van der Waals surface area contributed by atoms with Gasteiger partial charge in [0.2, 0.25) is 5.91 Å². The van der Waals surface area contributed by atoms with Crippen molar-refractivity contribution in [1.29, 1.82) is 0 Å². The lowest BCUT2D eigenvalue weighted by Crippen LogP contribution is -2.48. The van der Waals surface area contributed by atoms with Crippen LogP contribution < -0.4 is 0 Å². The van der Waals surface area contributed by atoms with Crippen LogP contribution in [0.1, 0.15) is 58.3 Å². The number of halogens is 1. The first kappa shape index (κ1) is 14.9. The zero-order valence-corrected chi connectivity index (χ0v) is 14.3. The van der Waals surface area contributed by atoms with Gasteiger partial charge in [-0.15, -0.1) is 0 Å². The van der Waals surface area contributed by atoms with E-state index in [2.05, 4.69) is 27.8 Å². The molecule has 4 fully saturated rings. The summed E-state index contributed by atoms with van der Waals surface area (Å²) >= 11 is 3.49. The third-order valence-electron chi connectivity index (χ3n) is 5.89. The van der Waals surface area contributed by atoms with Gasteiger partial charge in [-0.2, -0.15) is 0 Å². The molecule has 0 heterocycles. The second kappa shape index (κ2) is 5.98. The fourth-order valence-electron chi connectivity index (χ4n) is 5.67. The number of carbonyl (C=O) groups is 1. The molecule has 0 aromatic carbocycles. The van der Waals surface area contributed by atoms with Gasteiger partial charge in [0.15, 0.2) is 0 Å². The van der Waals surface area contributed by atoms with Crippen LogP contribution in [0.25, 0.3) is 0 Å². The molecule has 20 heavy (non-hydrogen) atoms. The maximum absolute atomic E-state index is 12.7. The van der Waals surface area contributed by atoms with Crippen molar-refractivity contribution in [2.45, 2.75) is 58.3 Å². The van der Waals surface area contributed by atoms with Crippen molar-refractivity contribution in [2.75, 3.05) is 18.4 Å². The van der Waals surface area contributed by atoms with Gasteiger partial charge in [0.25, 0.3) is 0 Å². The first-order valence-corrected chi connectivity index (χ1v) is 9.60. The summed E-state index contributed by atoms with van der Waals surface area (Å²) in [6.07, 6.45) is 10.3. The SMILES string of the molecule is CCCN(CCBr)C(=O)CC12CC3CC(CC(C3)C1)C2. The van der Waals surface area contributed by atoms with E-state index in [1.807, 2.05) is 0 Å². The number of nitrogens with zero attached hydrogens (tertiary/aromatic N) is 1. The van der Waals surface area contributed by atoms with E-state index in [9.17, 15) is 4.79 Å². The van der Waals surface area contributed by atoms with Crippen LogP contribution in [0, 0.1) is 23.2 Å². The van der Waals surface area contributed by atoms with Crippen LogP contribution >= 0.6 is 15.9 Å². The summed E-state index contributed by atoms with van der Waals surface area (Å²) in [7, 11) is 0. The van der Waals surface area contributed by atoms with Crippen LogP contribution in [0.4, 0.5) is 0 Å². The largest absolute Gasteiger partial charge is 0.342 e. The summed E-state index contributed by atoms with van der Waals surface area (Å²) in [5, 5.41) is 0.902. The van der Waals surface area contributed by atoms with Gasteiger partial charge in [-0.1, -0.05) is 22.9 Å². The monoisotopic (exact) mass is 341 g/mol. The van der Waals surface area contributed by atoms with Crippen LogP contribution in [0.2, 0.25) is 0 Å². The molecule has 4 rings (SSSR count). The number of hydrogen-bond donors (Lipinski definition) is 0. The molecule has 4 saturated carbocycles. The van der Waals surface area contributed by atoms with E-state index in [-0.39, 0.29) is 0 Å². The summed E-state index contributed by atoms with van der Waals surface area (Å²) in [6.45, 7) is 3.97. The molecule has 0 aromatic rings. The van der Waals surface area contributed by atoms with Gasteiger partial charge < -0.3 is 4.90 Å². The van der Waals surface area contributed by atoms with Gasteiger partial charge >= 0.3 is 0 Å². The van der Waals surface area contributed by atoms with Gasteiger partial charge in [-0.3, -0.25) is 4.79 Å². The van der Waals surface area contributed by atoms with E-state index in [0.717, 1.165) is 49.0 Å². The van der Waals surface area contributed by atoms with E-state index in [4.69, 9.17) is 0 Å². The fourth-order valence-corrected chi connectivity index (χ4v) is 6.10. The zero-order chi connectivity index (χ0) is 14.2. The van der Waals surface area contributed by atoms with Crippen molar-refractivity contribution < 1.29 is 4.79 Å². The number of alkyl halides is 1. The molecule has 4 aliphatic carbocycles. The van der Waals surface area contributed by atoms with Gasteiger partial charge in [0, 0.05) is 24.8 Å². The van der Waals surface area contributed by atoms with Crippen LogP contribution in [0.15, 0.2) is 0 Å². The molecule has 0 N–H and O–H groups in total. The summed E-state index contributed by atoms with van der Waals surface area (Å²) in [6, 6.07) is 0. The Bertz CT molecular complexity index is 327. The Hall–Kier alpha value is -0.0500. The minimum atomic E-state index is 0.393. The van der Waals surface area contributed by atoms with Crippen molar-refractivity contribution in [3.63, 3.8) is 0 Å². The highest BCUT2D eigenvalue weighted by atomic mass is 79.9. The van der Waals surface area contributed by atoms with Crippen molar-refractivity contribution in [2.24, 2.45) is 23.2 Å². The standard InChI is InChI=1S/C17H28BrNO/c1-2-4-19(5-3-18)16(20)12-17-9-13-6-14(10-17)8-15(7-13)11-17/h13-15H,2-12H2,1H3. The van der Waals surface area contributed by atoms with Crippen molar-refractivity contribution in [1.82, 2.24) is 4.90 Å². The first-order valence-electron chi connectivity index (χ1n) is 8.48. The molecule has 0 saturated heterocycles. The second-order valence-electron chi connectivity index (χ2n) is 7.66. The average molecular weight is 342 g/mol. The number of amides is 1. The lowest BCUT2D eigenvalue weighted by atomic mass is 9.49. The van der Waals surface area contributed by atoms with Gasteiger partial charge in [-0.25, -0.2) is 0 Å². The summed E-state index contributed by atoms with van der Waals surface area (Å²) in [4.78, 5) is 14.8. The Labute approximate surface area is 131 Å². The third-order valence-corrected chi connectivity index (χ3v) is 6.25. The summed E-state index contributed by atoms with van der Waals surface area (Å²) < 4.78 is 0. The molecule has 0 unspecified atom stereocenters. The lowest BCUT2D eigenvalue weighted by Gasteiger charge is -2.57. The highest BCUT2D eigenvalue weighted by Crippen LogP contribution is 2.61. The minimum absolute atomic E-state index is 0.393. The van der Waals surface area contributed by atoms with E-state index >= 15 is 0 Å². The molecule has 0 aromatic heterocycles. The van der Waals surface area contributed by atoms with Gasteiger partial charge in [0.1, 0.15) is 0 Å². The van der Waals surface area contributed by atoms with E-state index in [1.54, 1.807) is 0 Å². The quantitative estimate of drug-likeness (QED) is 0.662. The molecule has 0 spiro atoms. The van der Waals surface area contributed by atoms with E-state index in [1.165, 1.54) is 38.5 Å². The molecule has 114 valence electrons. The molecule has 4 bridgehead atoms. The lowest BCUT2D eigenvalue weighted by molar-refractivity contribution is -0.139. The molecule has 0 aliphatic heterocycles. The molecule has 0 radical (unpaired) electrons. The smallest absolute Gasteiger partial charge is 0.223 e. The fraction of sp³-hybridized carbons (Fsp3) is 0.941. The predicted octanol–water partition coefficient (Wildman–Crippen LogP) is 4.23. The molecule has 4 aliphatic rings. The topological polar surface area (TPSA) is 20.3 Å². The Balaban J connectivity index is 1.65. The first-order chi connectivity index (χ1) is 9.64. The molecular formula is C17H28BrNO. The highest BCUT2D eigenvalue weighted by molar-refractivity contribution is 9.09. The summed E-state index contributed by atoms with van der Waals surface area (Å²) in [5.41, 5.74) is 0.393. The molecule has 2 nitrogen and oxygen atoms in total. The zero-order valence-electron chi connectivity index (χ0n) is 12.7. The van der Waals surface area contributed by atoms with Gasteiger partial charge in [0.05, 0.1) is 0 Å². The number of carbonyl (C=O) groups excluding carboxylic acids is 1. The highest BCUT2D eigenvalue weighted by Gasteiger charge is 2.51. The van der Waals surface area contributed by atoms with Gasteiger partial charge in [-0.05, 0) is 68.1 Å². The van der Waals surface area contributed by atoms with Crippen LogP contribution in [-0.2, 0) is 4.79 Å².